The van der Waals surface area contributed by atoms with Gasteiger partial charge in [-0.25, -0.2) is 9.78 Å². The first-order valence-electron chi connectivity index (χ1n) is 8.80. The number of thiophene rings is 1. The van der Waals surface area contributed by atoms with E-state index in [1.54, 1.807) is 29.4 Å². The Bertz CT molecular complexity index is 1100. The largest absolute Gasteiger partial charge is 0.451 e. The molecule has 0 bridgehead atoms. The molecule has 2 heterocycles. The molecule has 0 radical (unpaired) electrons. The van der Waals surface area contributed by atoms with Crippen LogP contribution in [0.5, 0.6) is 0 Å². The summed E-state index contributed by atoms with van der Waals surface area (Å²) in [6.45, 7) is 1.63. The average Bonchev–Trinajstić information content (AvgIpc) is 3.34. The quantitative estimate of drug-likeness (QED) is 0.440. The van der Waals surface area contributed by atoms with Gasteiger partial charge in [-0.05, 0) is 36.6 Å². The molecule has 5 nitrogen and oxygen atoms in total. The maximum atomic E-state index is 12.5. The van der Waals surface area contributed by atoms with E-state index < -0.39 is 5.97 Å². The smallest absolute Gasteiger partial charge is 0.348 e. The van der Waals surface area contributed by atoms with Crippen molar-refractivity contribution in [2.75, 3.05) is 13.7 Å². The van der Waals surface area contributed by atoms with E-state index in [0.717, 1.165) is 25.3 Å². The first-order chi connectivity index (χ1) is 13.5. The lowest BCUT2D eigenvalue weighted by molar-refractivity contribution is -0.135. The molecule has 1 atom stereocenters. The van der Waals surface area contributed by atoms with Gasteiger partial charge in [0.15, 0.2) is 6.61 Å². The van der Waals surface area contributed by atoms with Gasteiger partial charge in [-0.3, -0.25) is 4.79 Å². The highest BCUT2D eigenvalue weighted by molar-refractivity contribution is 7.20. The summed E-state index contributed by atoms with van der Waals surface area (Å²) in [4.78, 5) is 31.5. The number of ether oxygens (including phenoxy) is 1. The third-order valence-electron chi connectivity index (χ3n) is 4.60. The number of nitrogens with zero attached hydrogens (tertiary/aromatic N) is 2. The van der Waals surface area contributed by atoms with Crippen molar-refractivity contribution in [1.82, 2.24) is 9.88 Å². The molecule has 0 saturated heterocycles. The summed E-state index contributed by atoms with van der Waals surface area (Å²) in [5.74, 6) is -0.739. The summed E-state index contributed by atoms with van der Waals surface area (Å²) in [5.41, 5.74) is 0.923. The summed E-state index contributed by atoms with van der Waals surface area (Å²) in [5, 5.41) is 1.85. The van der Waals surface area contributed by atoms with Crippen molar-refractivity contribution < 1.29 is 14.3 Å². The topological polar surface area (TPSA) is 59.5 Å². The molecule has 0 spiro atoms. The number of rotatable bonds is 5. The third-order valence-corrected chi connectivity index (χ3v) is 6.90. The van der Waals surface area contributed by atoms with Gasteiger partial charge in [0.05, 0.1) is 16.3 Å². The van der Waals surface area contributed by atoms with Gasteiger partial charge < -0.3 is 9.64 Å². The van der Waals surface area contributed by atoms with Gasteiger partial charge in [-0.15, -0.1) is 22.7 Å². The standard InChI is InChI=1S/C21H18N2O3S2/c1-13(20-22-15-8-4-6-10-17(15)28-20)23(2)19(24)12-26-21(25)18-11-14-7-3-5-9-16(14)27-18/h3-11,13H,12H2,1-2H3/t13-/m0/s1. The Morgan fingerprint density at radius 3 is 2.54 bits per heavy atom. The summed E-state index contributed by atoms with van der Waals surface area (Å²) in [7, 11) is 1.70. The molecule has 1 amide bonds. The fraction of sp³-hybridized carbons (Fsp3) is 0.190. The van der Waals surface area contributed by atoms with Crippen molar-refractivity contribution in [3.05, 3.63) is 64.5 Å². The first kappa shape index (κ1) is 18.6. The first-order valence-corrected chi connectivity index (χ1v) is 10.4. The number of aromatic nitrogens is 1. The van der Waals surface area contributed by atoms with Crippen molar-refractivity contribution >= 4 is 54.9 Å². The van der Waals surface area contributed by atoms with Crippen LogP contribution in [0.15, 0.2) is 54.6 Å². The molecule has 142 valence electrons. The van der Waals surface area contributed by atoms with Gasteiger partial charge in [0.1, 0.15) is 9.88 Å². The Kier molecular flexibility index (Phi) is 5.11. The van der Waals surface area contributed by atoms with Crippen molar-refractivity contribution in [2.45, 2.75) is 13.0 Å². The van der Waals surface area contributed by atoms with Crippen LogP contribution in [0.25, 0.3) is 20.3 Å². The van der Waals surface area contributed by atoms with Crippen LogP contribution in [0.2, 0.25) is 0 Å². The van der Waals surface area contributed by atoms with Gasteiger partial charge in [-0.2, -0.15) is 0 Å². The molecule has 0 aliphatic heterocycles. The zero-order valence-corrected chi connectivity index (χ0v) is 17.0. The number of benzene rings is 2. The lowest BCUT2D eigenvalue weighted by atomic mass is 10.2. The van der Waals surface area contributed by atoms with Crippen LogP contribution in [0.3, 0.4) is 0 Å². The number of carbonyl (C=O) groups excluding carboxylic acids is 2. The second-order valence-corrected chi connectivity index (χ2v) is 8.57. The maximum Gasteiger partial charge on any atom is 0.348 e. The van der Waals surface area contributed by atoms with Crippen LogP contribution in [-0.2, 0) is 9.53 Å². The number of hydrogen-bond donors (Lipinski definition) is 0. The molecule has 7 heteroatoms. The van der Waals surface area contributed by atoms with Crippen molar-refractivity contribution in [3.63, 3.8) is 0 Å². The fourth-order valence-electron chi connectivity index (χ4n) is 2.83. The minimum atomic E-state index is -0.476. The average molecular weight is 411 g/mol. The van der Waals surface area contributed by atoms with E-state index in [4.69, 9.17) is 4.74 Å². The molecule has 0 unspecified atom stereocenters. The molecule has 0 aliphatic carbocycles. The molecule has 0 N–H and O–H groups in total. The van der Waals surface area contributed by atoms with Crippen LogP contribution in [0.4, 0.5) is 0 Å². The number of esters is 1. The number of thiazole rings is 1. The highest BCUT2D eigenvalue weighted by atomic mass is 32.1. The molecule has 2 aromatic heterocycles. The zero-order chi connectivity index (χ0) is 19.7. The lowest BCUT2D eigenvalue weighted by Gasteiger charge is -2.22. The molecule has 0 aliphatic rings. The third kappa shape index (κ3) is 3.63. The Labute approximate surface area is 170 Å². The number of hydrogen-bond acceptors (Lipinski definition) is 6. The molecule has 0 saturated carbocycles. The molecule has 2 aromatic carbocycles. The lowest BCUT2D eigenvalue weighted by Crippen LogP contribution is -2.33. The summed E-state index contributed by atoms with van der Waals surface area (Å²) in [6, 6.07) is 17.2. The summed E-state index contributed by atoms with van der Waals surface area (Å²) in [6.07, 6.45) is 0. The normalized spacial score (nSPS) is 12.2. The van der Waals surface area contributed by atoms with E-state index in [0.29, 0.717) is 4.88 Å². The molecule has 0 fully saturated rings. The van der Waals surface area contributed by atoms with Gasteiger partial charge in [0.2, 0.25) is 0 Å². The van der Waals surface area contributed by atoms with Crippen LogP contribution in [0, 0.1) is 0 Å². The minimum absolute atomic E-state index is 0.201. The van der Waals surface area contributed by atoms with Crippen molar-refractivity contribution in [2.24, 2.45) is 0 Å². The Morgan fingerprint density at radius 2 is 1.79 bits per heavy atom. The van der Waals surface area contributed by atoms with E-state index in [-0.39, 0.29) is 18.6 Å². The van der Waals surface area contributed by atoms with Crippen LogP contribution >= 0.6 is 22.7 Å². The number of amides is 1. The van der Waals surface area contributed by atoms with Crippen LogP contribution in [-0.4, -0.2) is 35.4 Å². The van der Waals surface area contributed by atoms with Gasteiger partial charge in [-0.1, -0.05) is 30.3 Å². The molecular weight excluding hydrogens is 392 g/mol. The predicted molar refractivity (Wildman–Crippen MR) is 113 cm³/mol. The molecular formula is C21H18N2O3S2. The van der Waals surface area contributed by atoms with E-state index in [9.17, 15) is 9.59 Å². The summed E-state index contributed by atoms with van der Waals surface area (Å²) >= 11 is 2.93. The van der Waals surface area contributed by atoms with E-state index in [1.165, 1.54) is 11.3 Å². The Hall–Kier alpha value is -2.77. The fourth-order valence-corrected chi connectivity index (χ4v) is 4.85. The monoisotopic (exact) mass is 410 g/mol. The number of fused-ring (bicyclic) bond motifs is 2. The number of para-hydroxylation sites is 1. The van der Waals surface area contributed by atoms with Crippen molar-refractivity contribution in [1.29, 1.82) is 0 Å². The van der Waals surface area contributed by atoms with Crippen LogP contribution < -0.4 is 0 Å². The van der Waals surface area contributed by atoms with E-state index in [1.807, 2.05) is 55.5 Å². The minimum Gasteiger partial charge on any atom is -0.451 e. The number of likely N-dealkylation sites (N-methyl/N-ethyl adjacent to an activating group) is 1. The predicted octanol–water partition coefficient (Wildman–Crippen LogP) is 4.89. The van der Waals surface area contributed by atoms with Gasteiger partial charge in [0, 0.05) is 11.7 Å². The van der Waals surface area contributed by atoms with Gasteiger partial charge >= 0.3 is 5.97 Å². The Morgan fingerprint density at radius 1 is 1.07 bits per heavy atom. The summed E-state index contributed by atoms with van der Waals surface area (Å²) < 4.78 is 7.35. The number of carbonyl (C=O) groups is 2. The maximum absolute atomic E-state index is 12.5. The van der Waals surface area contributed by atoms with Gasteiger partial charge in [0.25, 0.3) is 5.91 Å². The van der Waals surface area contributed by atoms with E-state index in [2.05, 4.69) is 4.98 Å². The van der Waals surface area contributed by atoms with Crippen LogP contribution in [0.1, 0.15) is 27.6 Å². The second-order valence-electron chi connectivity index (χ2n) is 6.43. The zero-order valence-electron chi connectivity index (χ0n) is 15.4. The second kappa shape index (κ2) is 7.69. The molecule has 28 heavy (non-hydrogen) atoms. The highest BCUT2D eigenvalue weighted by Crippen LogP contribution is 2.29. The SMILES string of the molecule is C[C@@H](c1nc2ccccc2s1)N(C)C(=O)COC(=O)c1cc2ccccc2s1. The highest BCUT2D eigenvalue weighted by Gasteiger charge is 2.22. The van der Waals surface area contributed by atoms with Crippen molar-refractivity contribution in [3.8, 4) is 0 Å². The molecule has 4 aromatic rings. The Balaban J connectivity index is 1.40. The van der Waals surface area contributed by atoms with E-state index >= 15 is 0 Å². The molecule has 4 rings (SSSR count).